The minimum atomic E-state index is -0.0883. The van der Waals surface area contributed by atoms with Crippen LogP contribution in [0.15, 0.2) is 33.9 Å². The van der Waals surface area contributed by atoms with Crippen molar-refractivity contribution in [1.82, 2.24) is 0 Å². The molecular formula is C11H15BrN2O2. The second-order valence-electron chi connectivity index (χ2n) is 3.37. The lowest BCUT2D eigenvalue weighted by atomic mass is 10.2. The van der Waals surface area contributed by atoms with E-state index in [9.17, 15) is 0 Å². The zero-order valence-corrected chi connectivity index (χ0v) is 10.6. The van der Waals surface area contributed by atoms with Crippen molar-refractivity contribution in [3.8, 4) is 5.75 Å². The third kappa shape index (κ3) is 3.73. The SMILES string of the molecule is CCC(C/C(N)=N/O)Oc1ccccc1Br. The van der Waals surface area contributed by atoms with Crippen LogP contribution in [0.3, 0.4) is 0 Å². The molecule has 0 radical (unpaired) electrons. The molecule has 88 valence electrons. The van der Waals surface area contributed by atoms with E-state index in [1.54, 1.807) is 0 Å². The van der Waals surface area contributed by atoms with Gasteiger partial charge in [-0.25, -0.2) is 0 Å². The first-order chi connectivity index (χ1) is 7.67. The smallest absolute Gasteiger partial charge is 0.142 e. The summed E-state index contributed by atoms with van der Waals surface area (Å²) in [6, 6.07) is 7.60. The van der Waals surface area contributed by atoms with E-state index in [-0.39, 0.29) is 11.9 Å². The molecule has 0 amide bonds. The topological polar surface area (TPSA) is 67.8 Å². The number of hydrogen-bond acceptors (Lipinski definition) is 3. The van der Waals surface area contributed by atoms with E-state index < -0.39 is 0 Å². The van der Waals surface area contributed by atoms with Crippen LogP contribution in [-0.4, -0.2) is 17.1 Å². The first-order valence-corrected chi connectivity index (χ1v) is 5.84. The quantitative estimate of drug-likeness (QED) is 0.379. The molecule has 0 fully saturated rings. The van der Waals surface area contributed by atoms with Gasteiger partial charge >= 0.3 is 0 Å². The van der Waals surface area contributed by atoms with Crippen molar-refractivity contribution in [1.29, 1.82) is 0 Å². The summed E-state index contributed by atoms with van der Waals surface area (Å²) >= 11 is 3.40. The molecule has 0 aliphatic rings. The molecule has 0 aromatic heterocycles. The average Bonchev–Trinajstić information content (AvgIpc) is 2.30. The lowest BCUT2D eigenvalue weighted by Crippen LogP contribution is -2.24. The summed E-state index contributed by atoms with van der Waals surface area (Å²) in [6.45, 7) is 1.99. The Morgan fingerprint density at radius 2 is 2.25 bits per heavy atom. The van der Waals surface area contributed by atoms with Gasteiger partial charge in [0, 0.05) is 6.42 Å². The minimum absolute atomic E-state index is 0.0883. The summed E-state index contributed by atoms with van der Waals surface area (Å²) in [7, 11) is 0. The highest BCUT2D eigenvalue weighted by Crippen LogP contribution is 2.25. The van der Waals surface area contributed by atoms with Crippen LogP contribution < -0.4 is 10.5 Å². The van der Waals surface area contributed by atoms with Gasteiger partial charge in [-0.2, -0.15) is 0 Å². The Balaban J connectivity index is 2.67. The molecule has 0 aliphatic heterocycles. The first kappa shape index (κ1) is 12.8. The van der Waals surface area contributed by atoms with Crippen molar-refractivity contribution in [2.45, 2.75) is 25.9 Å². The Labute approximate surface area is 103 Å². The van der Waals surface area contributed by atoms with Crippen molar-refractivity contribution in [3.63, 3.8) is 0 Å². The highest BCUT2D eigenvalue weighted by atomic mass is 79.9. The normalized spacial score (nSPS) is 13.5. The van der Waals surface area contributed by atoms with Crippen LogP contribution >= 0.6 is 15.9 Å². The number of rotatable bonds is 5. The van der Waals surface area contributed by atoms with Gasteiger partial charge in [0.25, 0.3) is 0 Å². The number of benzene rings is 1. The number of halogens is 1. The number of oxime groups is 1. The van der Waals surface area contributed by atoms with Gasteiger partial charge in [0.05, 0.1) is 4.47 Å². The third-order valence-corrected chi connectivity index (χ3v) is 2.81. The summed E-state index contributed by atoms with van der Waals surface area (Å²) in [6.07, 6.45) is 1.11. The van der Waals surface area contributed by atoms with Crippen LogP contribution in [0.5, 0.6) is 5.75 Å². The van der Waals surface area contributed by atoms with Gasteiger partial charge in [-0.05, 0) is 34.5 Å². The standard InChI is InChI=1S/C11H15BrN2O2/c1-2-8(7-11(13)14-15)16-10-6-4-3-5-9(10)12/h3-6,8,15H,2,7H2,1H3,(H2,13,14). The van der Waals surface area contributed by atoms with E-state index in [1.807, 2.05) is 31.2 Å². The van der Waals surface area contributed by atoms with Crippen LogP contribution in [0.25, 0.3) is 0 Å². The van der Waals surface area contributed by atoms with Crippen molar-refractivity contribution in [2.24, 2.45) is 10.9 Å². The Kier molecular flexibility index (Phi) is 5.11. The summed E-state index contributed by atoms with van der Waals surface area (Å²) in [5, 5.41) is 11.4. The number of hydrogen-bond donors (Lipinski definition) is 2. The molecule has 16 heavy (non-hydrogen) atoms. The highest BCUT2D eigenvalue weighted by molar-refractivity contribution is 9.10. The zero-order chi connectivity index (χ0) is 12.0. The molecule has 1 aromatic carbocycles. The van der Waals surface area contributed by atoms with Crippen LogP contribution in [0.1, 0.15) is 19.8 Å². The van der Waals surface area contributed by atoms with Crippen LogP contribution in [0.2, 0.25) is 0 Å². The lowest BCUT2D eigenvalue weighted by Gasteiger charge is -2.17. The molecule has 0 spiro atoms. The highest BCUT2D eigenvalue weighted by Gasteiger charge is 2.12. The molecule has 0 saturated carbocycles. The number of para-hydroxylation sites is 1. The number of ether oxygens (including phenoxy) is 1. The van der Waals surface area contributed by atoms with E-state index in [0.717, 1.165) is 16.6 Å². The second-order valence-corrected chi connectivity index (χ2v) is 4.23. The van der Waals surface area contributed by atoms with Gasteiger partial charge in [0.15, 0.2) is 0 Å². The summed E-state index contributed by atoms with van der Waals surface area (Å²) in [5.74, 6) is 0.944. The predicted molar refractivity (Wildman–Crippen MR) is 66.9 cm³/mol. The molecule has 0 saturated heterocycles. The zero-order valence-electron chi connectivity index (χ0n) is 9.06. The maximum absolute atomic E-state index is 8.50. The van der Waals surface area contributed by atoms with Gasteiger partial charge in [-0.3, -0.25) is 0 Å². The number of amidine groups is 1. The van der Waals surface area contributed by atoms with E-state index in [0.29, 0.717) is 6.42 Å². The third-order valence-electron chi connectivity index (χ3n) is 2.15. The maximum atomic E-state index is 8.50. The Hall–Kier alpha value is -1.23. The minimum Gasteiger partial charge on any atom is -0.489 e. The molecule has 3 N–H and O–H groups in total. The molecule has 0 bridgehead atoms. The average molecular weight is 287 g/mol. The van der Waals surface area contributed by atoms with Gasteiger partial charge in [-0.1, -0.05) is 24.2 Å². The van der Waals surface area contributed by atoms with Gasteiger partial charge in [-0.15, -0.1) is 0 Å². The molecule has 1 aromatic rings. The Bertz CT molecular complexity index is 369. The fraction of sp³-hybridized carbons (Fsp3) is 0.364. The molecule has 0 heterocycles. The molecule has 1 atom stereocenters. The van der Waals surface area contributed by atoms with Crippen molar-refractivity contribution < 1.29 is 9.94 Å². The van der Waals surface area contributed by atoms with E-state index >= 15 is 0 Å². The van der Waals surface area contributed by atoms with E-state index in [4.69, 9.17) is 15.7 Å². The monoisotopic (exact) mass is 286 g/mol. The van der Waals surface area contributed by atoms with Crippen LogP contribution in [-0.2, 0) is 0 Å². The molecule has 5 heteroatoms. The summed E-state index contributed by atoms with van der Waals surface area (Å²) < 4.78 is 6.64. The maximum Gasteiger partial charge on any atom is 0.142 e. The largest absolute Gasteiger partial charge is 0.489 e. The van der Waals surface area contributed by atoms with Crippen molar-refractivity contribution in [3.05, 3.63) is 28.7 Å². The van der Waals surface area contributed by atoms with E-state index in [2.05, 4.69) is 21.1 Å². The Morgan fingerprint density at radius 1 is 1.56 bits per heavy atom. The number of nitrogens with zero attached hydrogens (tertiary/aromatic N) is 1. The first-order valence-electron chi connectivity index (χ1n) is 5.05. The van der Waals surface area contributed by atoms with Gasteiger partial charge in [0.2, 0.25) is 0 Å². The fourth-order valence-electron chi connectivity index (χ4n) is 1.26. The summed E-state index contributed by atoms with van der Waals surface area (Å²) in [5.41, 5.74) is 5.45. The van der Waals surface area contributed by atoms with Crippen molar-refractivity contribution in [2.75, 3.05) is 0 Å². The summed E-state index contributed by atoms with van der Waals surface area (Å²) in [4.78, 5) is 0. The Morgan fingerprint density at radius 3 is 2.81 bits per heavy atom. The molecule has 1 unspecified atom stereocenters. The van der Waals surface area contributed by atoms with Crippen molar-refractivity contribution >= 4 is 21.8 Å². The van der Waals surface area contributed by atoms with E-state index in [1.165, 1.54) is 0 Å². The van der Waals surface area contributed by atoms with Gasteiger partial charge in [0.1, 0.15) is 17.7 Å². The molecule has 1 rings (SSSR count). The molecule has 0 aliphatic carbocycles. The molecule has 4 nitrogen and oxygen atoms in total. The van der Waals surface area contributed by atoms with Crippen LogP contribution in [0.4, 0.5) is 0 Å². The fourth-order valence-corrected chi connectivity index (χ4v) is 1.64. The van der Waals surface area contributed by atoms with Crippen LogP contribution in [0, 0.1) is 0 Å². The predicted octanol–water partition coefficient (Wildman–Crippen LogP) is 2.74. The lowest BCUT2D eigenvalue weighted by molar-refractivity contribution is 0.201. The molecular weight excluding hydrogens is 272 g/mol. The second kappa shape index (κ2) is 6.37. The van der Waals surface area contributed by atoms with Gasteiger partial charge < -0.3 is 15.7 Å². The number of nitrogens with two attached hydrogens (primary N) is 1.